The van der Waals surface area contributed by atoms with Gasteiger partial charge in [0.25, 0.3) is 0 Å². The second-order valence-electron chi connectivity index (χ2n) is 14.2. The van der Waals surface area contributed by atoms with Crippen molar-refractivity contribution in [3.63, 3.8) is 0 Å². The lowest BCUT2D eigenvalue weighted by Crippen LogP contribution is -2.74. The highest BCUT2D eigenvalue weighted by atomic mass is 16.5. The first kappa shape index (κ1) is 24.8. The fourth-order valence-electron chi connectivity index (χ4n) is 10.3. The number of hydrogen-bond acceptors (Lipinski definition) is 2. The molecular weight excluding hydrogens is 464 g/mol. The summed E-state index contributed by atoms with van der Waals surface area (Å²) in [4.78, 5) is 14.2. The first-order chi connectivity index (χ1) is 18.3. The minimum atomic E-state index is -0.479. The predicted octanol–water partition coefficient (Wildman–Crippen LogP) is 8.50. The second-order valence-corrected chi connectivity index (χ2v) is 14.2. The molecule has 4 saturated carbocycles. The van der Waals surface area contributed by atoms with Crippen LogP contribution in [0.1, 0.15) is 89.7 Å². The van der Waals surface area contributed by atoms with Crippen LogP contribution in [0.25, 0.3) is 5.57 Å². The van der Waals surface area contributed by atoms with Crippen LogP contribution in [0.4, 0.5) is 0 Å². The van der Waals surface area contributed by atoms with Crippen LogP contribution in [0.5, 0.6) is 0 Å². The Morgan fingerprint density at radius 1 is 0.947 bits per heavy atom. The summed E-state index contributed by atoms with van der Waals surface area (Å²) in [5, 5.41) is 0. The van der Waals surface area contributed by atoms with Gasteiger partial charge in [-0.2, -0.15) is 0 Å². The Kier molecular flexibility index (Phi) is 5.82. The molecule has 9 atom stereocenters. The normalized spacial score (nSPS) is 41.8. The summed E-state index contributed by atoms with van der Waals surface area (Å²) in [5.74, 6) is 3.48. The van der Waals surface area contributed by atoms with Crippen molar-refractivity contribution in [2.24, 2.45) is 40.4 Å². The number of Topliss-reactive ketones (excluding diaryl/α,β-unsaturated/α-hetero) is 1. The molecule has 9 unspecified atom stereocenters. The van der Waals surface area contributed by atoms with Gasteiger partial charge in [-0.1, -0.05) is 87.5 Å². The Hall–Kier alpha value is -2.19. The van der Waals surface area contributed by atoms with Gasteiger partial charge in [0.15, 0.2) is 5.78 Å². The lowest BCUT2D eigenvalue weighted by molar-refractivity contribution is -0.306. The van der Waals surface area contributed by atoms with Crippen molar-refractivity contribution in [1.29, 1.82) is 0 Å². The van der Waals surface area contributed by atoms with Crippen LogP contribution in [0, 0.1) is 40.4 Å². The molecule has 4 aliphatic carbocycles. The average Bonchev–Trinajstić information content (AvgIpc) is 3.27. The standard InChI is InChI=1S/C36H44O2/c1-24(14-16-30(25-10-6-4-7-11-25)26-12-8-5-9-13-26)27-20-32-31-17-15-28-21-29-18-19-35(28,3)36(31,38-29)33(37)23-34(32,2)22-27/h4-13,16,24,27-29,31-32H,14-15,17-23H2,1-3H3. The lowest BCUT2D eigenvalue weighted by atomic mass is 9.41. The van der Waals surface area contributed by atoms with Crippen LogP contribution in [0.2, 0.25) is 0 Å². The Bertz CT molecular complexity index is 1190. The molecule has 200 valence electrons. The van der Waals surface area contributed by atoms with E-state index in [1.807, 2.05) is 0 Å². The highest BCUT2D eigenvalue weighted by Crippen LogP contribution is 2.72. The molecule has 0 amide bonds. The first-order valence-corrected chi connectivity index (χ1v) is 15.4. The summed E-state index contributed by atoms with van der Waals surface area (Å²) in [6.07, 6.45) is 13.2. The molecule has 1 spiro atoms. The maximum atomic E-state index is 14.2. The zero-order valence-electron chi connectivity index (χ0n) is 23.5. The zero-order valence-corrected chi connectivity index (χ0v) is 23.5. The number of rotatable bonds is 5. The van der Waals surface area contributed by atoms with E-state index in [-0.39, 0.29) is 10.8 Å². The topological polar surface area (TPSA) is 26.3 Å². The molecule has 6 aliphatic rings. The quantitative estimate of drug-likeness (QED) is 0.405. The molecule has 2 heteroatoms. The predicted molar refractivity (Wildman–Crippen MR) is 153 cm³/mol. The van der Waals surface area contributed by atoms with E-state index in [2.05, 4.69) is 87.5 Å². The number of benzene rings is 2. The summed E-state index contributed by atoms with van der Waals surface area (Å²) in [6, 6.07) is 21.7. The van der Waals surface area contributed by atoms with Crippen LogP contribution in [0.15, 0.2) is 66.7 Å². The summed E-state index contributed by atoms with van der Waals surface area (Å²) in [5.41, 5.74) is 3.65. The first-order valence-electron chi connectivity index (χ1n) is 15.4. The Morgan fingerprint density at radius 2 is 1.63 bits per heavy atom. The smallest absolute Gasteiger partial charge is 0.166 e. The summed E-state index contributed by atoms with van der Waals surface area (Å²) < 4.78 is 6.93. The van der Waals surface area contributed by atoms with E-state index in [4.69, 9.17) is 4.74 Å². The van der Waals surface area contributed by atoms with Gasteiger partial charge in [0.1, 0.15) is 5.60 Å². The molecule has 2 aliphatic heterocycles. The monoisotopic (exact) mass is 508 g/mol. The van der Waals surface area contributed by atoms with Crippen molar-refractivity contribution >= 4 is 11.4 Å². The molecule has 2 aromatic carbocycles. The number of fused-ring (bicyclic) bond motifs is 3. The molecule has 2 aromatic rings. The Labute approximate surface area is 229 Å². The van der Waals surface area contributed by atoms with Crippen molar-refractivity contribution in [1.82, 2.24) is 0 Å². The summed E-state index contributed by atoms with van der Waals surface area (Å²) in [7, 11) is 0. The fourth-order valence-corrected chi connectivity index (χ4v) is 10.3. The molecule has 8 rings (SSSR count). The number of carbonyl (C=O) groups excluding carboxylic acids is 1. The molecule has 0 radical (unpaired) electrons. The van der Waals surface area contributed by atoms with Gasteiger partial charge in [-0.15, -0.1) is 0 Å². The van der Waals surface area contributed by atoms with E-state index < -0.39 is 5.60 Å². The van der Waals surface area contributed by atoms with Crippen LogP contribution in [-0.2, 0) is 9.53 Å². The van der Waals surface area contributed by atoms with Crippen LogP contribution in [-0.4, -0.2) is 17.5 Å². The minimum Gasteiger partial charge on any atom is -0.363 e. The molecule has 6 fully saturated rings. The summed E-state index contributed by atoms with van der Waals surface area (Å²) in [6.45, 7) is 7.36. The molecule has 2 nitrogen and oxygen atoms in total. The fraction of sp³-hybridized carbons (Fsp3) is 0.583. The third-order valence-electron chi connectivity index (χ3n) is 12.3. The van der Waals surface area contributed by atoms with Gasteiger partial charge in [0, 0.05) is 11.8 Å². The second kappa shape index (κ2) is 8.91. The highest BCUT2D eigenvalue weighted by Gasteiger charge is 2.74. The van der Waals surface area contributed by atoms with Gasteiger partial charge in [-0.3, -0.25) is 4.79 Å². The SMILES string of the molecule is CC(CC=C(c1ccccc1)c1ccccc1)C1CC2C3CCC4CC5CCC4(C)C3(O5)C(=O)CC2(C)C1. The van der Waals surface area contributed by atoms with Crippen LogP contribution in [0.3, 0.4) is 0 Å². The van der Waals surface area contributed by atoms with Crippen LogP contribution < -0.4 is 0 Å². The highest BCUT2D eigenvalue weighted by molar-refractivity contribution is 5.91. The van der Waals surface area contributed by atoms with Crippen molar-refractivity contribution in [2.45, 2.75) is 90.3 Å². The molecule has 38 heavy (non-hydrogen) atoms. The number of carbonyl (C=O) groups is 1. The van der Waals surface area contributed by atoms with E-state index >= 15 is 0 Å². The van der Waals surface area contributed by atoms with Gasteiger partial charge in [0.2, 0.25) is 0 Å². The average molecular weight is 509 g/mol. The molecule has 0 N–H and O–H groups in total. The van der Waals surface area contributed by atoms with Gasteiger partial charge in [-0.25, -0.2) is 0 Å². The van der Waals surface area contributed by atoms with Gasteiger partial charge < -0.3 is 4.74 Å². The molecule has 2 heterocycles. The minimum absolute atomic E-state index is 0.0653. The maximum absolute atomic E-state index is 14.2. The number of ketones is 1. The Balaban J connectivity index is 1.15. The third kappa shape index (κ3) is 3.51. The number of allylic oxidation sites excluding steroid dienone is 1. The lowest BCUT2D eigenvalue weighted by Gasteiger charge is -2.70. The molecule has 2 saturated heterocycles. The van der Waals surface area contributed by atoms with E-state index in [1.165, 1.54) is 55.2 Å². The molecular formula is C36H44O2. The van der Waals surface area contributed by atoms with E-state index in [0.29, 0.717) is 41.5 Å². The molecule has 0 aromatic heterocycles. The Morgan fingerprint density at radius 3 is 2.32 bits per heavy atom. The summed E-state index contributed by atoms with van der Waals surface area (Å²) >= 11 is 0. The number of ether oxygens (including phenoxy) is 1. The van der Waals surface area contributed by atoms with Crippen molar-refractivity contribution in [2.75, 3.05) is 0 Å². The van der Waals surface area contributed by atoms with Crippen molar-refractivity contribution < 1.29 is 9.53 Å². The van der Waals surface area contributed by atoms with E-state index in [9.17, 15) is 4.79 Å². The number of hydrogen-bond donors (Lipinski definition) is 0. The van der Waals surface area contributed by atoms with E-state index in [0.717, 1.165) is 19.3 Å². The van der Waals surface area contributed by atoms with Gasteiger partial charge >= 0.3 is 0 Å². The van der Waals surface area contributed by atoms with Crippen LogP contribution >= 0.6 is 0 Å². The van der Waals surface area contributed by atoms with Crippen molar-refractivity contribution in [3.8, 4) is 0 Å². The van der Waals surface area contributed by atoms with Gasteiger partial charge in [0.05, 0.1) is 6.10 Å². The van der Waals surface area contributed by atoms with Crippen molar-refractivity contribution in [3.05, 3.63) is 77.9 Å². The van der Waals surface area contributed by atoms with Gasteiger partial charge in [-0.05, 0) is 103 Å². The molecule has 4 bridgehead atoms. The largest absolute Gasteiger partial charge is 0.363 e. The third-order valence-corrected chi connectivity index (χ3v) is 12.3. The zero-order chi connectivity index (χ0) is 26.1. The van der Waals surface area contributed by atoms with E-state index in [1.54, 1.807) is 0 Å². The maximum Gasteiger partial charge on any atom is 0.166 e.